The van der Waals surface area contributed by atoms with Gasteiger partial charge in [-0.05, 0) is 43.9 Å². The van der Waals surface area contributed by atoms with Crippen LogP contribution in [0.1, 0.15) is 55.3 Å². The lowest BCUT2D eigenvalue weighted by Crippen LogP contribution is -2.46. The maximum atomic E-state index is 13.3. The number of benzene rings is 1. The van der Waals surface area contributed by atoms with Crippen LogP contribution in [0.15, 0.2) is 24.4 Å². The van der Waals surface area contributed by atoms with Gasteiger partial charge in [0.25, 0.3) is 5.91 Å². The van der Waals surface area contributed by atoms with E-state index in [1.165, 1.54) is 12.8 Å². The molecule has 2 saturated carbocycles. The summed E-state index contributed by atoms with van der Waals surface area (Å²) >= 11 is 0. The Morgan fingerprint density at radius 2 is 1.94 bits per heavy atom. The highest BCUT2D eigenvalue weighted by atomic mass is 16.5. The van der Waals surface area contributed by atoms with Gasteiger partial charge in [0.2, 0.25) is 11.9 Å². The molecule has 2 fully saturated rings. The van der Waals surface area contributed by atoms with E-state index in [2.05, 4.69) is 20.5 Å². The Kier molecular flexibility index (Phi) is 6.02. The minimum atomic E-state index is -0.183. The van der Waals surface area contributed by atoms with E-state index in [0.717, 1.165) is 43.6 Å². The highest BCUT2D eigenvalue weighted by molar-refractivity contribution is 5.99. The molecular formula is C25H32N6O3. The van der Waals surface area contributed by atoms with Crippen LogP contribution in [0.25, 0.3) is 0 Å². The van der Waals surface area contributed by atoms with Gasteiger partial charge in [-0.2, -0.15) is 4.98 Å². The lowest BCUT2D eigenvalue weighted by atomic mass is 9.99. The smallest absolute Gasteiger partial charge is 0.251 e. The molecule has 2 aliphatic carbocycles. The Bertz CT molecular complexity index is 1100. The molecule has 9 heteroatoms. The van der Waals surface area contributed by atoms with E-state index in [4.69, 9.17) is 9.72 Å². The summed E-state index contributed by atoms with van der Waals surface area (Å²) < 4.78 is 5.51. The number of anilines is 4. The van der Waals surface area contributed by atoms with Crippen LogP contribution >= 0.6 is 0 Å². The van der Waals surface area contributed by atoms with Crippen molar-refractivity contribution in [1.29, 1.82) is 0 Å². The Labute approximate surface area is 199 Å². The number of carbonyl (C=O) groups is 2. The second kappa shape index (κ2) is 9.12. The number of carbonyl (C=O) groups excluding carboxylic acids is 2. The van der Waals surface area contributed by atoms with Crippen LogP contribution in [0.2, 0.25) is 0 Å². The number of nitrogens with zero attached hydrogens (tertiary/aromatic N) is 4. The number of hydrogen-bond donors (Lipinski definition) is 2. The van der Waals surface area contributed by atoms with Crippen molar-refractivity contribution in [3.63, 3.8) is 0 Å². The van der Waals surface area contributed by atoms with E-state index in [-0.39, 0.29) is 23.8 Å². The van der Waals surface area contributed by atoms with Crippen LogP contribution in [-0.2, 0) is 4.79 Å². The molecule has 3 aliphatic rings. The van der Waals surface area contributed by atoms with Crippen molar-refractivity contribution >= 4 is 35.0 Å². The molecule has 5 rings (SSSR count). The van der Waals surface area contributed by atoms with E-state index in [1.54, 1.807) is 43.5 Å². The second-order valence-corrected chi connectivity index (χ2v) is 9.37. The highest BCUT2D eigenvalue weighted by Gasteiger charge is 2.45. The van der Waals surface area contributed by atoms with Crippen molar-refractivity contribution in [2.24, 2.45) is 5.92 Å². The molecule has 180 valence electrons. The van der Waals surface area contributed by atoms with Gasteiger partial charge in [0, 0.05) is 31.7 Å². The van der Waals surface area contributed by atoms with Gasteiger partial charge in [0.1, 0.15) is 11.4 Å². The number of fused-ring (bicyclic) bond motifs is 2. The van der Waals surface area contributed by atoms with Gasteiger partial charge in [0.15, 0.2) is 5.82 Å². The van der Waals surface area contributed by atoms with Gasteiger partial charge >= 0.3 is 0 Å². The van der Waals surface area contributed by atoms with Gasteiger partial charge in [-0.25, -0.2) is 4.98 Å². The molecule has 2 N–H and O–H groups in total. The van der Waals surface area contributed by atoms with Crippen LogP contribution in [-0.4, -0.2) is 55.1 Å². The van der Waals surface area contributed by atoms with Gasteiger partial charge in [-0.1, -0.05) is 19.3 Å². The molecule has 1 aromatic carbocycles. The van der Waals surface area contributed by atoms with E-state index in [9.17, 15) is 9.59 Å². The molecule has 2 heterocycles. The first kappa shape index (κ1) is 22.4. The number of rotatable bonds is 5. The van der Waals surface area contributed by atoms with Crippen molar-refractivity contribution in [3.05, 3.63) is 30.0 Å². The third-order valence-electron chi connectivity index (χ3n) is 7.50. The maximum Gasteiger partial charge on any atom is 0.251 e. The number of amides is 2. The lowest BCUT2D eigenvalue weighted by molar-refractivity contribution is -0.122. The summed E-state index contributed by atoms with van der Waals surface area (Å²) in [4.78, 5) is 39.0. The normalized spacial score (nSPS) is 22.3. The summed E-state index contributed by atoms with van der Waals surface area (Å²) in [5.41, 5.74) is 1.94. The molecule has 2 atom stereocenters. The van der Waals surface area contributed by atoms with Crippen LogP contribution < -0.4 is 25.2 Å². The number of ether oxygens (including phenoxy) is 1. The fourth-order valence-corrected chi connectivity index (χ4v) is 5.77. The van der Waals surface area contributed by atoms with E-state index >= 15 is 0 Å². The Morgan fingerprint density at radius 1 is 1.15 bits per heavy atom. The van der Waals surface area contributed by atoms with Crippen LogP contribution in [0, 0.1) is 5.92 Å². The standard InChI is InChI=1S/C25H32N6O3/c1-26-23(32)15-11-12-18(21(13-15)34-3)28-25-27-14-20-22(29-25)31(16-7-4-5-8-16)19-10-6-9-17(19)24(33)30(20)2/h11-14,16-17,19H,4-10H2,1-3H3,(H,26,32)(H,27,28,29). The van der Waals surface area contributed by atoms with Crippen LogP contribution in [0.3, 0.4) is 0 Å². The van der Waals surface area contributed by atoms with Crippen molar-refractivity contribution in [2.75, 3.05) is 36.3 Å². The molecule has 1 aliphatic heterocycles. The predicted molar refractivity (Wildman–Crippen MR) is 131 cm³/mol. The molecule has 9 nitrogen and oxygen atoms in total. The molecule has 2 aromatic rings. The zero-order chi connectivity index (χ0) is 23.8. The SMILES string of the molecule is CNC(=O)c1ccc(Nc2ncc3c(n2)N(C2CCCC2)C2CCCC2C(=O)N3C)c(OC)c1. The molecule has 1 aromatic heterocycles. The largest absolute Gasteiger partial charge is 0.495 e. The minimum absolute atomic E-state index is 0.00793. The van der Waals surface area contributed by atoms with Gasteiger partial charge in [-0.15, -0.1) is 0 Å². The quantitative estimate of drug-likeness (QED) is 0.699. The monoisotopic (exact) mass is 464 g/mol. The average Bonchev–Trinajstić information content (AvgIpc) is 3.55. The Morgan fingerprint density at radius 3 is 2.68 bits per heavy atom. The first-order chi connectivity index (χ1) is 16.5. The van der Waals surface area contributed by atoms with Gasteiger partial charge in [-0.3, -0.25) is 9.59 Å². The topological polar surface area (TPSA) is 99.7 Å². The fourth-order valence-electron chi connectivity index (χ4n) is 5.77. The second-order valence-electron chi connectivity index (χ2n) is 9.37. The number of methoxy groups -OCH3 is 1. The van der Waals surface area contributed by atoms with Crippen molar-refractivity contribution in [2.45, 2.75) is 57.0 Å². The molecule has 2 amide bonds. The molecule has 0 saturated heterocycles. The van der Waals surface area contributed by atoms with Crippen molar-refractivity contribution < 1.29 is 14.3 Å². The van der Waals surface area contributed by atoms with Crippen LogP contribution in [0.5, 0.6) is 5.75 Å². The number of aromatic nitrogens is 2. The summed E-state index contributed by atoms with van der Waals surface area (Å²) in [5, 5.41) is 5.89. The van der Waals surface area contributed by atoms with Crippen molar-refractivity contribution in [1.82, 2.24) is 15.3 Å². The third-order valence-corrected chi connectivity index (χ3v) is 7.50. The van der Waals surface area contributed by atoms with Gasteiger partial charge < -0.3 is 25.2 Å². The summed E-state index contributed by atoms with van der Waals surface area (Å²) in [6, 6.07) is 5.78. The molecule has 0 bridgehead atoms. The lowest BCUT2D eigenvalue weighted by Gasteiger charge is -2.36. The molecule has 0 radical (unpaired) electrons. The summed E-state index contributed by atoms with van der Waals surface area (Å²) in [6.07, 6.45) is 9.44. The van der Waals surface area contributed by atoms with E-state index < -0.39 is 0 Å². The average molecular weight is 465 g/mol. The Hall–Kier alpha value is -3.36. The zero-order valence-electron chi connectivity index (χ0n) is 20.0. The van der Waals surface area contributed by atoms with Crippen molar-refractivity contribution in [3.8, 4) is 5.75 Å². The summed E-state index contributed by atoms with van der Waals surface area (Å²) in [5.74, 6) is 1.78. The molecule has 0 spiro atoms. The van der Waals surface area contributed by atoms with E-state index in [1.807, 2.05) is 7.05 Å². The summed E-state index contributed by atoms with van der Waals surface area (Å²) in [6.45, 7) is 0. The first-order valence-corrected chi connectivity index (χ1v) is 12.1. The highest BCUT2D eigenvalue weighted by Crippen LogP contribution is 2.45. The minimum Gasteiger partial charge on any atom is -0.495 e. The van der Waals surface area contributed by atoms with Gasteiger partial charge in [0.05, 0.1) is 24.9 Å². The van der Waals surface area contributed by atoms with E-state index in [0.29, 0.717) is 29.0 Å². The van der Waals surface area contributed by atoms with Crippen LogP contribution in [0.4, 0.5) is 23.1 Å². The third kappa shape index (κ3) is 3.82. The number of hydrogen-bond acceptors (Lipinski definition) is 7. The molecular weight excluding hydrogens is 432 g/mol. The fraction of sp³-hybridized carbons (Fsp3) is 0.520. The zero-order valence-corrected chi connectivity index (χ0v) is 20.0. The molecule has 34 heavy (non-hydrogen) atoms. The maximum absolute atomic E-state index is 13.3. The number of nitrogens with one attached hydrogen (secondary N) is 2. The molecule has 2 unspecified atom stereocenters. The Balaban J connectivity index is 1.53. The predicted octanol–water partition coefficient (Wildman–Crippen LogP) is 3.48. The first-order valence-electron chi connectivity index (χ1n) is 12.1. The summed E-state index contributed by atoms with van der Waals surface area (Å²) in [7, 11) is 5.00.